The normalized spacial score (nSPS) is 28.1. The van der Waals surface area contributed by atoms with E-state index >= 15 is 0 Å². The van der Waals surface area contributed by atoms with Gasteiger partial charge in [-0.15, -0.1) is 0 Å². The Bertz CT molecular complexity index is 286. The molecule has 2 aliphatic rings. The Morgan fingerprint density at radius 3 is 2.72 bits per heavy atom. The summed E-state index contributed by atoms with van der Waals surface area (Å²) in [5, 5.41) is 3.40. The number of nitrogens with one attached hydrogen (secondary N) is 1. The van der Waals surface area contributed by atoms with Crippen LogP contribution in [0.2, 0.25) is 0 Å². The molecule has 4 heteroatoms. The number of piperidine rings is 1. The largest absolute Gasteiger partial charge is 0.375 e. The van der Waals surface area contributed by atoms with Crippen molar-refractivity contribution in [2.45, 2.75) is 57.6 Å². The van der Waals surface area contributed by atoms with Gasteiger partial charge in [-0.1, -0.05) is 0 Å². The lowest BCUT2D eigenvalue weighted by molar-refractivity contribution is -0.131. The Balaban J connectivity index is 1.72. The van der Waals surface area contributed by atoms with E-state index in [1.807, 2.05) is 4.90 Å². The number of ether oxygens (including phenoxy) is 1. The van der Waals surface area contributed by atoms with E-state index in [9.17, 15) is 4.79 Å². The minimum Gasteiger partial charge on any atom is -0.375 e. The number of hydrogen-bond acceptors (Lipinski definition) is 3. The van der Waals surface area contributed by atoms with Crippen LogP contribution in [0.1, 0.15) is 46.0 Å². The number of likely N-dealkylation sites (tertiary alicyclic amines) is 1. The van der Waals surface area contributed by atoms with Crippen LogP contribution in [-0.4, -0.2) is 48.7 Å². The first-order valence-corrected chi connectivity index (χ1v) is 7.22. The maximum absolute atomic E-state index is 12.0. The first kappa shape index (κ1) is 13.8. The summed E-state index contributed by atoms with van der Waals surface area (Å²) < 4.78 is 5.68. The van der Waals surface area contributed by atoms with Gasteiger partial charge in [-0.3, -0.25) is 4.79 Å². The fourth-order valence-corrected chi connectivity index (χ4v) is 2.89. The Morgan fingerprint density at radius 2 is 2.06 bits per heavy atom. The molecule has 1 unspecified atom stereocenters. The minimum atomic E-state index is -0.0515. The fourth-order valence-electron chi connectivity index (χ4n) is 2.89. The van der Waals surface area contributed by atoms with E-state index in [0.29, 0.717) is 12.6 Å². The summed E-state index contributed by atoms with van der Waals surface area (Å²) in [5.41, 5.74) is -0.0515. The molecular formula is C14H26N2O2. The summed E-state index contributed by atoms with van der Waals surface area (Å²) in [5.74, 6) is 0.263. The van der Waals surface area contributed by atoms with Crippen LogP contribution in [0, 0.1) is 0 Å². The molecule has 18 heavy (non-hydrogen) atoms. The molecule has 0 aromatic rings. The third kappa shape index (κ3) is 3.95. The lowest BCUT2D eigenvalue weighted by Crippen LogP contribution is -2.48. The topological polar surface area (TPSA) is 41.6 Å². The van der Waals surface area contributed by atoms with E-state index in [2.05, 4.69) is 19.2 Å². The molecule has 1 N–H and O–H groups in total. The van der Waals surface area contributed by atoms with Crippen LogP contribution in [0.25, 0.3) is 0 Å². The molecule has 104 valence electrons. The van der Waals surface area contributed by atoms with Crippen LogP contribution in [0.5, 0.6) is 0 Å². The maximum Gasteiger partial charge on any atom is 0.236 e. The van der Waals surface area contributed by atoms with Gasteiger partial charge < -0.3 is 15.0 Å². The number of rotatable bonds is 3. The molecule has 0 spiro atoms. The zero-order valence-corrected chi connectivity index (χ0v) is 11.7. The van der Waals surface area contributed by atoms with E-state index in [0.717, 1.165) is 45.4 Å². The third-order valence-corrected chi connectivity index (χ3v) is 3.95. The lowest BCUT2D eigenvalue weighted by Gasteiger charge is -2.36. The van der Waals surface area contributed by atoms with Crippen molar-refractivity contribution in [1.29, 1.82) is 0 Å². The monoisotopic (exact) mass is 254 g/mol. The summed E-state index contributed by atoms with van der Waals surface area (Å²) in [6.07, 6.45) is 5.59. The molecule has 1 atom stereocenters. The highest BCUT2D eigenvalue weighted by atomic mass is 16.5. The molecule has 2 heterocycles. The van der Waals surface area contributed by atoms with Gasteiger partial charge in [0.1, 0.15) is 0 Å². The predicted molar refractivity (Wildman–Crippen MR) is 71.5 cm³/mol. The molecule has 0 bridgehead atoms. The average molecular weight is 254 g/mol. The number of carbonyl (C=O) groups is 1. The van der Waals surface area contributed by atoms with Crippen LogP contribution in [0.4, 0.5) is 0 Å². The van der Waals surface area contributed by atoms with E-state index < -0.39 is 0 Å². The van der Waals surface area contributed by atoms with Gasteiger partial charge >= 0.3 is 0 Å². The molecule has 2 fully saturated rings. The van der Waals surface area contributed by atoms with E-state index in [4.69, 9.17) is 4.74 Å². The highest BCUT2D eigenvalue weighted by Gasteiger charge is 2.29. The zero-order chi connectivity index (χ0) is 13.0. The molecular weight excluding hydrogens is 228 g/mol. The summed E-state index contributed by atoms with van der Waals surface area (Å²) in [7, 11) is 0. The molecule has 0 aromatic heterocycles. The first-order valence-electron chi connectivity index (χ1n) is 7.22. The number of hydrogen-bond donors (Lipinski definition) is 1. The molecule has 0 aliphatic carbocycles. The maximum atomic E-state index is 12.0. The minimum absolute atomic E-state index is 0.0515. The van der Waals surface area contributed by atoms with E-state index in [-0.39, 0.29) is 11.5 Å². The smallest absolute Gasteiger partial charge is 0.236 e. The second-order valence-electron chi connectivity index (χ2n) is 6.12. The molecule has 2 aliphatic heterocycles. The van der Waals surface area contributed by atoms with Crippen molar-refractivity contribution >= 4 is 5.91 Å². The highest BCUT2D eigenvalue weighted by Crippen LogP contribution is 2.23. The zero-order valence-electron chi connectivity index (χ0n) is 11.7. The van der Waals surface area contributed by atoms with Gasteiger partial charge in [0.05, 0.1) is 12.1 Å². The van der Waals surface area contributed by atoms with Crippen LogP contribution >= 0.6 is 0 Å². The van der Waals surface area contributed by atoms with Crippen molar-refractivity contribution in [2.75, 3.05) is 26.2 Å². The van der Waals surface area contributed by atoms with Crippen molar-refractivity contribution in [3.05, 3.63) is 0 Å². The first-order chi connectivity index (χ1) is 8.57. The van der Waals surface area contributed by atoms with Crippen LogP contribution in [-0.2, 0) is 9.53 Å². The predicted octanol–water partition coefficient (Wildman–Crippen LogP) is 1.55. The van der Waals surface area contributed by atoms with Crippen LogP contribution in [0.15, 0.2) is 0 Å². The van der Waals surface area contributed by atoms with Gasteiger partial charge in [0.15, 0.2) is 0 Å². The van der Waals surface area contributed by atoms with Crippen molar-refractivity contribution in [1.82, 2.24) is 10.2 Å². The Morgan fingerprint density at radius 1 is 1.33 bits per heavy atom. The second kappa shape index (κ2) is 6.02. The van der Waals surface area contributed by atoms with Gasteiger partial charge in [-0.25, -0.2) is 0 Å². The molecule has 0 saturated carbocycles. The van der Waals surface area contributed by atoms with E-state index in [1.165, 1.54) is 6.42 Å². The van der Waals surface area contributed by atoms with Crippen LogP contribution < -0.4 is 5.32 Å². The summed E-state index contributed by atoms with van der Waals surface area (Å²) >= 11 is 0. The number of carbonyl (C=O) groups excluding carboxylic acids is 1. The Kier molecular flexibility index (Phi) is 4.62. The highest BCUT2D eigenvalue weighted by molar-refractivity contribution is 5.78. The molecule has 2 rings (SSSR count). The lowest BCUT2D eigenvalue weighted by atomic mass is 9.94. The molecule has 1 amide bonds. The van der Waals surface area contributed by atoms with Crippen molar-refractivity contribution in [3.8, 4) is 0 Å². The standard InChI is InChI=1S/C14H26N2O2/c1-14(2)10-12(6-9-18-14)15-11-13(17)16-7-4-3-5-8-16/h12,15H,3-11H2,1-2H3. The fraction of sp³-hybridized carbons (Fsp3) is 0.929. The number of nitrogens with zero attached hydrogens (tertiary/aromatic N) is 1. The van der Waals surface area contributed by atoms with Crippen molar-refractivity contribution in [2.24, 2.45) is 0 Å². The molecule has 0 radical (unpaired) electrons. The Labute approximate surface area is 110 Å². The van der Waals surface area contributed by atoms with Gasteiger partial charge in [0.25, 0.3) is 0 Å². The summed E-state index contributed by atoms with van der Waals surface area (Å²) in [4.78, 5) is 14.0. The Hall–Kier alpha value is -0.610. The summed E-state index contributed by atoms with van der Waals surface area (Å²) in [6, 6.07) is 0.419. The summed E-state index contributed by atoms with van der Waals surface area (Å²) in [6.45, 7) is 7.41. The van der Waals surface area contributed by atoms with Crippen molar-refractivity contribution < 1.29 is 9.53 Å². The van der Waals surface area contributed by atoms with Gasteiger partial charge in [-0.05, 0) is 46.0 Å². The number of amides is 1. The average Bonchev–Trinajstić information content (AvgIpc) is 2.36. The van der Waals surface area contributed by atoms with Gasteiger partial charge in [0, 0.05) is 25.7 Å². The quantitative estimate of drug-likeness (QED) is 0.831. The van der Waals surface area contributed by atoms with Crippen LogP contribution in [0.3, 0.4) is 0 Å². The van der Waals surface area contributed by atoms with Gasteiger partial charge in [-0.2, -0.15) is 0 Å². The molecule has 4 nitrogen and oxygen atoms in total. The van der Waals surface area contributed by atoms with Crippen molar-refractivity contribution in [3.63, 3.8) is 0 Å². The molecule has 0 aromatic carbocycles. The SMILES string of the molecule is CC1(C)CC(NCC(=O)N2CCCCC2)CCO1. The third-order valence-electron chi connectivity index (χ3n) is 3.95. The van der Waals surface area contributed by atoms with E-state index in [1.54, 1.807) is 0 Å². The second-order valence-corrected chi connectivity index (χ2v) is 6.12. The van der Waals surface area contributed by atoms with Gasteiger partial charge in [0.2, 0.25) is 5.91 Å². The molecule has 2 saturated heterocycles.